The third-order valence-electron chi connectivity index (χ3n) is 5.98. The van der Waals surface area contributed by atoms with E-state index in [0.29, 0.717) is 23.7 Å². The van der Waals surface area contributed by atoms with Crippen molar-refractivity contribution in [3.63, 3.8) is 0 Å². The van der Waals surface area contributed by atoms with Crippen LogP contribution >= 0.6 is 11.3 Å². The molecule has 1 aliphatic rings. The first-order valence-electron chi connectivity index (χ1n) is 11.7. The van der Waals surface area contributed by atoms with Crippen LogP contribution in [0.5, 0.6) is 0 Å². The van der Waals surface area contributed by atoms with Crippen LogP contribution in [0.1, 0.15) is 50.8 Å². The molecule has 0 spiro atoms. The first-order valence-corrected chi connectivity index (χ1v) is 12.5. The van der Waals surface area contributed by atoms with E-state index in [2.05, 4.69) is 40.2 Å². The predicted octanol–water partition coefficient (Wildman–Crippen LogP) is 4.32. The zero-order valence-electron chi connectivity index (χ0n) is 19.4. The Balaban J connectivity index is 1.49. The van der Waals surface area contributed by atoms with E-state index < -0.39 is 0 Å². The smallest absolute Gasteiger partial charge is 0.254 e. The summed E-state index contributed by atoms with van der Waals surface area (Å²) in [5.74, 6) is -0.312. The first kappa shape index (κ1) is 24.1. The molecule has 178 valence electrons. The van der Waals surface area contributed by atoms with Crippen molar-refractivity contribution in [2.75, 3.05) is 32.1 Å². The molecule has 1 aliphatic carbocycles. The Morgan fingerprint density at radius 2 is 1.62 bits per heavy atom. The largest absolute Gasteiger partial charge is 0.383 e. The fraction of sp³-hybridized carbons (Fsp3) is 0.333. The van der Waals surface area contributed by atoms with Gasteiger partial charge in [-0.15, -0.1) is 11.3 Å². The molecule has 0 unspecified atom stereocenters. The summed E-state index contributed by atoms with van der Waals surface area (Å²) >= 11 is 1.53. The molecule has 6 nitrogen and oxygen atoms in total. The number of benzene rings is 2. The number of carbonyl (C=O) groups is 2. The van der Waals surface area contributed by atoms with Gasteiger partial charge in [0.1, 0.15) is 5.00 Å². The Hall–Kier alpha value is -3.00. The zero-order chi connectivity index (χ0) is 23.8. The summed E-state index contributed by atoms with van der Waals surface area (Å²) in [5, 5.41) is 9.98. The minimum absolute atomic E-state index is 0.110. The van der Waals surface area contributed by atoms with Crippen LogP contribution in [-0.4, -0.2) is 38.6 Å². The van der Waals surface area contributed by atoms with Crippen molar-refractivity contribution < 1.29 is 14.3 Å². The van der Waals surface area contributed by atoms with Crippen molar-refractivity contribution >= 4 is 28.2 Å². The van der Waals surface area contributed by atoms with E-state index in [-0.39, 0.29) is 24.4 Å². The van der Waals surface area contributed by atoms with Gasteiger partial charge in [0.15, 0.2) is 0 Å². The third kappa shape index (κ3) is 5.91. The number of anilines is 1. The van der Waals surface area contributed by atoms with Crippen LogP contribution in [0.3, 0.4) is 0 Å². The Labute approximate surface area is 204 Å². The molecule has 2 aromatic carbocycles. The van der Waals surface area contributed by atoms with Crippen LogP contribution in [-0.2, 0) is 22.4 Å². The highest BCUT2D eigenvalue weighted by Gasteiger charge is 2.26. The number of thiophene rings is 1. The maximum atomic E-state index is 13.0. The summed E-state index contributed by atoms with van der Waals surface area (Å²) < 4.78 is 5.05. The molecule has 1 aromatic heterocycles. The Bertz CT molecular complexity index is 1060. The topological polar surface area (TPSA) is 79.5 Å². The van der Waals surface area contributed by atoms with Crippen LogP contribution in [0.2, 0.25) is 0 Å². The SMILES string of the molecule is COCCNC(=O)c1c(NC(=O)CNC(c2ccccc2)c2ccccc2)sc2c1CCCC2. The summed E-state index contributed by atoms with van der Waals surface area (Å²) in [7, 11) is 1.61. The molecule has 2 amide bonds. The number of ether oxygens (including phenoxy) is 1. The van der Waals surface area contributed by atoms with E-state index in [0.717, 1.165) is 42.4 Å². The van der Waals surface area contributed by atoms with Gasteiger partial charge in [-0.3, -0.25) is 14.9 Å². The predicted molar refractivity (Wildman–Crippen MR) is 137 cm³/mol. The normalized spacial score (nSPS) is 12.9. The number of carbonyl (C=O) groups excluding carboxylic acids is 2. The van der Waals surface area contributed by atoms with Gasteiger partial charge < -0.3 is 15.4 Å². The lowest BCUT2D eigenvalue weighted by molar-refractivity contribution is -0.115. The maximum Gasteiger partial charge on any atom is 0.254 e. The quantitative estimate of drug-likeness (QED) is 0.380. The number of rotatable bonds is 10. The third-order valence-corrected chi connectivity index (χ3v) is 7.18. The molecule has 0 saturated heterocycles. The molecular formula is C27H31N3O3S. The van der Waals surface area contributed by atoms with Crippen molar-refractivity contribution in [1.29, 1.82) is 0 Å². The van der Waals surface area contributed by atoms with Gasteiger partial charge in [0, 0.05) is 18.5 Å². The molecule has 4 rings (SSSR count). The fourth-order valence-electron chi connectivity index (χ4n) is 4.33. The standard InChI is InChI=1S/C27H31N3O3S/c1-33-17-16-28-26(32)24-21-14-8-9-15-22(21)34-27(24)30-23(31)18-29-25(19-10-4-2-5-11-19)20-12-6-3-7-13-20/h2-7,10-13,25,29H,8-9,14-18H2,1H3,(H,28,32)(H,30,31). The summed E-state index contributed by atoms with van der Waals surface area (Å²) in [5.41, 5.74) is 3.88. The molecule has 3 N–H and O–H groups in total. The second-order valence-corrected chi connectivity index (χ2v) is 9.45. The van der Waals surface area contributed by atoms with Crippen LogP contribution in [0, 0.1) is 0 Å². The van der Waals surface area contributed by atoms with Crippen LogP contribution < -0.4 is 16.0 Å². The Kier molecular flexibility index (Phi) is 8.46. The molecule has 3 aromatic rings. The van der Waals surface area contributed by atoms with Gasteiger partial charge >= 0.3 is 0 Å². The van der Waals surface area contributed by atoms with Gasteiger partial charge in [-0.25, -0.2) is 0 Å². The molecule has 7 heteroatoms. The number of hydrogen-bond acceptors (Lipinski definition) is 5. The first-order chi connectivity index (χ1) is 16.7. The summed E-state index contributed by atoms with van der Waals surface area (Å²) in [6.45, 7) is 1.01. The molecule has 0 radical (unpaired) electrons. The van der Waals surface area contributed by atoms with Crippen molar-refractivity contribution in [3.05, 3.63) is 87.8 Å². The summed E-state index contributed by atoms with van der Waals surface area (Å²) in [6.07, 6.45) is 4.00. The van der Waals surface area contributed by atoms with E-state index in [4.69, 9.17) is 4.74 Å². The number of hydrogen-bond donors (Lipinski definition) is 3. The summed E-state index contributed by atoms with van der Waals surface area (Å²) in [6, 6.07) is 20.1. The van der Waals surface area contributed by atoms with E-state index in [1.165, 1.54) is 16.2 Å². The average molecular weight is 478 g/mol. The van der Waals surface area contributed by atoms with Crippen molar-refractivity contribution in [2.24, 2.45) is 0 Å². The number of nitrogens with one attached hydrogen (secondary N) is 3. The van der Waals surface area contributed by atoms with Gasteiger partial charge in [0.25, 0.3) is 5.91 Å². The highest BCUT2D eigenvalue weighted by Crippen LogP contribution is 2.38. The van der Waals surface area contributed by atoms with E-state index in [1.807, 2.05) is 36.4 Å². The molecule has 1 heterocycles. The van der Waals surface area contributed by atoms with Gasteiger partial charge in [0.05, 0.1) is 24.8 Å². The monoisotopic (exact) mass is 477 g/mol. The minimum atomic E-state index is -0.165. The van der Waals surface area contributed by atoms with Crippen LogP contribution in [0.4, 0.5) is 5.00 Å². The molecule has 0 aliphatic heterocycles. The van der Waals surface area contributed by atoms with Gasteiger partial charge in [-0.05, 0) is 42.4 Å². The number of amides is 2. The zero-order valence-corrected chi connectivity index (χ0v) is 20.3. The number of methoxy groups -OCH3 is 1. The lowest BCUT2D eigenvalue weighted by Gasteiger charge is -2.19. The second-order valence-electron chi connectivity index (χ2n) is 8.35. The highest BCUT2D eigenvalue weighted by atomic mass is 32.1. The van der Waals surface area contributed by atoms with E-state index >= 15 is 0 Å². The lowest BCUT2D eigenvalue weighted by Crippen LogP contribution is -2.33. The molecule has 0 saturated carbocycles. The number of aryl methyl sites for hydroxylation is 1. The molecule has 0 fully saturated rings. The van der Waals surface area contributed by atoms with Gasteiger partial charge in [-0.2, -0.15) is 0 Å². The maximum absolute atomic E-state index is 13.0. The van der Waals surface area contributed by atoms with Crippen molar-refractivity contribution in [1.82, 2.24) is 10.6 Å². The van der Waals surface area contributed by atoms with Crippen LogP contribution in [0.25, 0.3) is 0 Å². The number of fused-ring (bicyclic) bond motifs is 1. The van der Waals surface area contributed by atoms with Crippen molar-refractivity contribution in [2.45, 2.75) is 31.7 Å². The van der Waals surface area contributed by atoms with Crippen LogP contribution in [0.15, 0.2) is 60.7 Å². The van der Waals surface area contributed by atoms with E-state index in [1.54, 1.807) is 7.11 Å². The minimum Gasteiger partial charge on any atom is -0.383 e. The molecule has 0 atom stereocenters. The molecular weight excluding hydrogens is 446 g/mol. The Morgan fingerprint density at radius 1 is 0.971 bits per heavy atom. The lowest BCUT2D eigenvalue weighted by atomic mass is 9.95. The van der Waals surface area contributed by atoms with E-state index in [9.17, 15) is 9.59 Å². The average Bonchev–Trinajstić information content (AvgIpc) is 3.23. The summed E-state index contributed by atoms with van der Waals surface area (Å²) in [4.78, 5) is 27.2. The molecule has 34 heavy (non-hydrogen) atoms. The van der Waals surface area contributed by atoms with Gasteiger partial charge in [-0.1, -0.05) is 60.7 Å². The van der Waals surface area contributed by atoms with Crippen molar-refractivity contribution in [3.8, 4) is 0 Å². The van der Waals surface area contributed by atoms with Gasteiger partial charge in [0.2, 0.25) is 5.91 Å². The second kappa shape index (κ2) is 11.9. The fourth-order valence-corrected chi connectivity index (χ4v) is 5.64. The molecule has 0 bridgehead atoms. The Morgan fingerprint density at radius 3 is 2.26 bits per heavy atom. The highest BCUT2D eigenvalue weighted by molar-refractivity contribution is 7.17.